The molecule has 0 saturated heterocycles. The Morgan fingerprint density at radius 1 is 1.00 bits per heavy atom. The molecule has 0 radical (unpaired) electrons. The van der Waals surface area contributed by atoms with Crippen LogP contribution in [0.25, 0.3) is 0 Å². The summed E-state index contributed by atoms with van der Waals surface area (Å²) < 4.78 is 0. The lowest BCUT2D eigenvalue weighted by Crippen LogP contribution is -2.38. The first-order valence-electron chi connectivity index (χ1n) is 6.54. The van der Waals surface area contributed by atoms with Crippen LogP contribution in [0.4, 0.5) is 0 Å². The molecule has 0 aromatic heterocycles. The third-order valence-corrected chi connectivity index (χ3v) is 4.01. The zero-order valence-electron chi connectivity index (χ0n) is 11.4. The minimum atomic E-state index is 0.161. The zero-order valence-corrected chi connectivity index (χ0v) is 12.9. The Bertz CT molecular complexity index is 584. The van der Waals surface area contributed by atoms with E-state index in [1.165, 1.54) is 11.1 Å². The van der Waals surface area contributed by atoms with Crippen molar-refractivity contribution in [3.63, 3.8) is 0 Å². The summed E-state index contributed by atoms with van der Waals surface area (Å²) >= 11 is 12.0. The topological polar surface area (TPSA) is 38.0 Å². The highest BCUT2D eigenvalue weighted by molar-refractivity contribution is 6.42. The molecular weight excluding hydrogens is 291 g/mol. The van der Waals surface area contributed by atoms with Gasteiger partial charge in [0.2, 0.25) is 0 Å². The quantitative estimate of drug-likeness (QED) is 0.649. The molecule has 0 amide bonds. The first kappa shape index (κ1) is 15.3. The Kier molecular flexibility index (Phi) is 5.44. The fourth-order valence-corrected chi connectivity index (χ4v) is 2.59. The molecule has 20 heavy (non-hydrogen) atoms. The number of nitrogens with two attached hydrogens (primary N) is 1. The van der Waals surface area contributed by atoms with Crippen LogP contribution in [0, 0.1) is 6.92 Å². The lowest BCUT2D eigenvalue weighted by atomic mass is 9.98. The van der Waals surface area contributed by atoms with Crippen molar-refractivity contribution >= 4 is 23.2 Å². The molecule has 3 N–H and O–H groups in total. The summed E-state index contributed by atoms with van der Waals surface area (Å²) in [5, 5.41) is 1.15. The van der Waals surface area contributed by atoms with E-state index >= 15 is 0 Å². The third kappa shape index (κ3) is 4.22. The fourth-order valence-electron chi connectivity index (χ4n) is 2.26. The average Bonchev–Trinajstić information content (AvgIpc) is 2.42. The van der Waals surface area contributed by atoms with Crippen LogP contribution >= 0.6 is 23.2 Å². The molecule has 0 heterocycles. The summed E-state index contributed by atoms with van der Waals surface area (Å²) in [6.45, 7) is 2.09. The van der Waals surface area contributed by atoms with E-state index in [0.29, 0.717) is 10.0 Å². The van der Waals surface area contributed by atoms with Crippen LogP contribution in [0.1, 0.15) is 16.7 Å². The Morgan fingerprint density at radius 3 is 2.30 bits per heavy atom. The zero-order chi connectivity index (χ0) is 14.5. The first-order chi connectivity index (χ1) is 9.58. The van der Waals surface area contributed by atoms with E-state index in [-0.39, 0.29) is 6.04 Å². The van der Waals surface area contributed by atoms with Gasteiger partial charge in [0.1, 0.15) is 0 Å². The maximum absolute atomic E-state index is 6.04. The molecule has 106 valence electrons. The normalized spacial score (nSPS) is 12.4. The van der Waals surface area contributed by atoms with Crippen LogP contribution in [-0.2, 0) is 12.8 Å². The van der Waals surface area contributed by atoms with Crippen molar-refractivity contribution in [2.75, 3.05) is 0 Å². The number of nitrogens with one attached hydrogen (secondary N) is 1. The highest BCUT2D eigenvalue weighted by Gasteiger charge is 2.10. The number of aryl methyl sites for hydroxylation is 1. The van der Waals surface area contributed by atoms with Crippen molar-refractivity contribution in [1.82, 2.24) is 5.43 Å². The molecule has 2 nitrogen and oxygen atoms in total. The van der Waals surface area contributed by atoms with Crippen molar-refractivity contribution < 1.29 is 0 Å². The highest BCUT2D eigenvalue weighted by atomic mass is 35.5. The first-order valence-corrected chi connectivity index (χ1v) is 7.29. The number of hydrazine groups is 1. The van der Waals surface area contributed by atoms with Gasteiger partial charge in [-0.3, -0.25) is 11.3 Å². The Morgan fingerprint density at radius 2 is 1.70 bits per heavy atom. The molecule has 0 bridgehead atoms. The molecule has 2 aromatic carbocycles. The average molecular weight is 309 g/mol. The minimum Gasteiger partial charge on any atom is -0.271 e. The number of hydrogen-bond acceptors (Lipinski definition) is 2. The predicted octanol–water partition coefficient (Wildman–Crippen LogP) is 3.92. The maximum atomic E-state index is 6.04. The van der Waals surface area contributed by atoms with E-state index in [9.17, 15) is 0 Å². The molecule has 0 aliphatic heterocycles. The Balaban J connectivity index is 2.07. The Hall–Kier alpha value is -1.06. The smallest absolute Gasteiger partial charge is 0.0595 e. The molecule has 0 spiro atoms. The van der Waals surface area contributed by atoms with E-state index in [0.717, 1.165) is 18.4 Å². The number of rotatable bonds is 5. The SMILES string of the molecule is Cc1cccc(CC(Cc2ccc(Cl)c(Cl)c2)NN)c1. The number of benzene rings is 2. The van der Waals surface area contributed by atoms with Gasteiger partial charge in [0.05, 0.1) is 10.0 Å². The second-order valence-electron chi connectivity index (χ2n) is 5.01. The van der Waals surface area contributed by atoms with Crippen LogP contribution in [-0.4, -0.2) is 6.04 Å². The van der Waals surface area contributed by atoms with Gasteiger partial charge in [-0.15, -0.1) is 0 Å². The van der Waals surface area contributed by atoms with Crippen LogP contribution in [0.3, 0.4) is 0 Å². The van der Waals surface area contributed by atoms with Gasteiger partial charge in [-0.2, -0.15) is 0 Å². The number of halogens is 2. The van der Waals surface area contributed by atoms with Crippen molar-refractivity contribution in [3.05, 3.63) is 69.2 Å². The van der Waals surface area contributed by atoms with Crippen molar-refractivity contribution in [3.8, 4) is 0 Å². The summed E-state index contributed by atoms with van der Waals surface area (Å²) in [6.07, 6.45) is 1.68. The van der Waals surface area contributed by atoms with E-state index in [2.05, 4.69) is 36.6 Å². The molecule has 4 heteroatoms. The van der Waals surface area contributed by atoms with E-state index in [4.69, 9.17) is 29.0 Å². The van der Waals surface area contributed by atoms with Gasteiger partial charge in [-0.1, -0.05) is 59.1 Å². The molecule has 2 aromatic rings. The van der Waals surface area contributed by atoms with Crippen LogP contribution in [0.5, 0.6) is 0 Å². The summed E-state index contributed by atoms with van der Waals surface area (Å²) in [7, 11) is 0. The van der Waals surface area contributed by atoms with Gasteiger partial charge >= 0.3 is 0 Å². The fraction of sp³-hybridized carbons (Fsp3) is 0.250. The van der Waals surface area contributed by atoms with Gasteiger partial charge in [-0.25, -0.2) is 0 Å². The van der Waals surface area contributed by atoms with Gasteiger partial charge in [0, 0.05) is 6.04 Å². The summed E-state index contributed by atoms with van der Waals surface area (Å²) in [4.78, 5) is 0. The van der Waals surface area contributed by atoms with Crippen molar-refractivity contribution in [2.45, 2.75) is 25.8 Å². The van der Waals surface area contributed by atoms with Gasteiger partial charge in [0.15, 0.2) is 0 Å². The molecule has 1 unspecified atom stereocenters. The van der Waals surface area contributed by atoms with Crippen molar-refractivity contribution in [1.29, 1.82) is 0 Å². The lowest BCUT2D eigenvalue weighted by molar-refractivity contribution is 0.522. The summed E-state index contributed by atoms with van der Waals surface area (Å²) in [5.74, 6) is 5.67. The van der Waals surface area contributed by atoms with Crippen LogP contribution in [0.15, 0.2) is 42.5 Å². The van der Waals surface area contributed by atoms with Crippen LogP contribution in [0.2, 0.25) is 10.0 Å². The minimum absolute atomic E-state index is 0.161. The van der Waals surface area contributed by atoms with E-state index in [1.807, 2.05) is 18.2 Å². The summed E-state index contributed by atoms with van der Waals surface area (Å²) in [5.41, 5.74) is 6.53. The molecule has 0 saturated carbocycles. The monoisotopic (exact) mass is 308 g/mol. The molecular formula is C16H18Cl2N2. The summed E-state index contributed by atoms with van der Waals surface area (Å²) in [6, 6.07) is 14.3. The van der Waals surface area contributed by atoms with Gasteiger partial charge in [0.25, 0.3) is 0 Å². The largest absolute Gasteiger partial charge is 0.271 e. The second kappa shape index (κ2) is 7.09. The predicted molar refractivity (Wildman–Crippen MR) is 86.2 cm³/mol. The van der Waals surface area contributed by atoms with Crippen LogP contribution < -0.4 is 11.3 Å². The van der Waals surface area contributed by atoms with Gasteiger partial charge in [-0.05, 0) is 43.0 Å². The van der Waals surface area contributed by atoms with Crippen molar-refractivity contribution in [2.24, 2.45) is 5.84 Å². The van der Waals surface area contributed by atoms with E-state index in [1.54, 1.807) is 0 Å². The van der Waals surface area contributed by atoms with Gasteiger partial charge < -0.3 is 0 Å². The third-order valence-electron chi connectivity index (χ3n) is 3.27. The molecule has 0 aliphatic rings. The standard InChI is InChI=1S/C16H18Cl2N2/c1-11-3-2-4-12(7-11)8-14(20-19)9-13-5-6-15(17)16(18)10-13/h2-7,10,14,20H,8-9,19H2,1H3. The Labute approximate surface area is 129 Å². The molecule has 0 fully saturated rings. The lowest BCUT2D eigenvalue weighted by Gasteiger charge is -2.16. The molecule has 1 atom stereocenters. The second-order valence-corrected chi connectivity index (χ2v) is 5.82. The van der Waals surface area contributed by atoms with E-state index < -0.39 is 0 Å². The maximum Gasteiger partial charge on any atom is 0.0595 e. The molecule has 0 aliphatic carbocycles. The molecule has 2 rings (SSSR count). The number of hydrogen-bond donors (Lipinski definition) is 2. The highest BCUT2D eigenvalue weighted by Crippen LogP contribution is 2.23.